The van der Waals surface area contributed by atoms with Crippen LogP contribution in [0.2, 0.25) is 0 Å². The molecule has 0 fully saturated rings. The van der Waals surface area contributed by atoms with E-state index in [9.17, 15) is 0 Å². The number of hydrogen-bond donors (Lipinski definition) is 1. The summed E-state index contributed by atoms with van der Waals surface area (Å²) in [6.45, 7) is 7.44. The predicted molar refractivity (Wildman–Crippen MR) is 82.3 cm³/mol. The molecule has 1 aromatic carbocycles. The van der Waals surface area contributed by atoms with Crippen molar-refractivity contribution in [2.75, 3.05) is 0 Å². The number of nitrogens with one attached hydrogen (secondary N) is 1. The number of rotatable bonds is 6. The Morgan fingerprint density at radius 2 is 1.80 bits per heavy atom. The first-order valence-corrected chi connectivity index (χ1v) is 7.22. The third kappa shape index (κ3) is 4.42. The summed E-state index contributed by atoms with van der Waals surface area (Å²) in [4.78, 5) is 8.14. The molecule has 1 aromatic heterocycles. The Balaban J connectivity index is 1.90. The van der Waals surface area contributed by atoms with Crippen LogP contribution in [0.5, 0.6) is 0 Å². The van der Waals surface area contributed by atoms with E-state index in [4.69, 9.17) is 0 Å². The minimum absolute atomic E-state index is 0.318. The number of benzene rings is 1. The molecule has 106 valence electrons. The quantitative estimate of drug-likeness (QED) is 0.872. The van der Waals surface area contributed by atoms with Gasteiger partial charge >= 0.3 is 0 Å². The highest BCUT2D eigenvalue weighted by Crippen LogP contribution is 2.15. The summed E-state index contributed by atoms with van der Waals surface area (Å²) in [7, 11) is 0. The van der Waals surface area contributed by atoms with Crippen molar-refractivity contribution < 1.29 is 0 Å². The van der Waals surface area contributed by atoms with E-state index in [1.54, 1.807) is 12.5 Å². The molecule has 20 heavy (non-hydrogen) atoms. The van der Waals surface area contributed by atoms with E-state index in [2.05, 4.69) is 60.3 Å². The van der Waals surface area contributed by atoms with Gasteiger partial charge in [0.2, 0.25) is 0 Å². The minimum Gasteiger partial charge on any atom is -0.305 e. The predicted octanol–water partition coefficient (Wildman–Crippen LogP) is 3.53. The standard InChI is InChI=1S/C17H23N3/c1-13(2)10-15-4-6-16(7-5-15)14(3)19-11-17-8-9-18-12-20-17/h4-9,12-14,19H,10-11H2,1-3H3. The van der Waals surface area contributed by atoms with Crippen molar-refractivity contribution in [2.24, 2.45) is 5.92 Å². The van der Waals surface area contributed by atoms with E-state index in [1.165, 1.54) is 11.1 Å². The van der Waals surface area contributed by atoms with Crippen LogP contribution in [0.25, 0.3) is 0 Å². The van der Waals surface area contributed by atoms with Crippen LogP contribution in [0.3, 0.4) is 0 Å². The molecule has 0 spiro atoms. The van der Waals surface area contributed by atoms with Gasteiger partial charge in [-0.2, -0.15) is 0 Å². The van der Waals surface area contributed by atoms with Gasteiger partial charge < -0.3 is 5.32 Å². The van der Waals surface area contributed by atoms with Crippen LogP contribution in [-0.2, 0) is 13.0 Å². The average molecular weight is 269 g/mol. The van der Waals surface area contributed by atoms with Crippen LogP contribution < -0.4 is 5.32 Å². The lowest BCUT2D eigenvalue weighted by Crippen LogP contribution is -2.18. The molecule has 1 heterocycles. The zero-order valence-corrected chi connectivity index (χ0v) is 12.5. The van der Waals surface area contributed by atoms with Gasteiger partial charge in [-0.05, 0) is 36.5 Å². The zero-order chi connectivity index (χ0) is 14.4. The van der Waals surface area contributed by atoms with Crippen LogP contribution in [0.1, 0.15) is 43.6 Å². The summed E-state index contributed by atoms with van der Waals surface area (Å²) in [6.07, 6.45) is 4.50. The molecule has 0 saturated heterocycles. The summed E-state index contributed by atoms with van der Waals surface area (Å²) in [5, 5.41) is 3.49. The summed E-state index contributed by atoms with van der Waals surface area (Å²) in [5.41, 5.74) is 3.74. The van der Waals surface area contributed by atoms with Crippen molar-refractivity contribution in [3.8, 4) is 0 Å². The van der Waals surface area contributed by atoms with Crippen LogP contribution >= 0.6 is 0 Å². The first-order chi connectivity index (χ1) is 9.65. The Kier molecular flexibility index (Phi) is 5.24. The summed E-state index contributed by atoms with van der Waals surface area (Å²) in [5.74, 6) is 0.703. The lowest BCUT2D eigenvalue weighted by atomic mass is 10.00. The maximum Gasteiger partial charge on any atom is 0.115 e. The molecule has 3 heteroatoms. The normalized spacial score (nSPS) is 12.6. The van der Waals surface area contributed by atoms with Crippen molar-refractivity contribution in [3.05, 3.63) is 59.7 Å². The van der Waals surface area contributed by atoms with Gasteiger partial charge in [-0.15, -0.1) is 0 Å². The largest absolute Gasteiger partial charge is 0.305 e. The first kappa shape index (κ1) is 14.7. The molecule has 0 aliphatic rings. The smallest absolute Gasteiger partial charge is 0.115 e. The minimum atomic E-state index is 0.318. The number of nitrogens with zero attached hydrogens (tertiary/aromatic N) is 2. The van der Waals surface area contributed by atoms with Gasteiger partial charge in [0.05, 0.1) is 5.69 Å². The van der Waals surface area contributed by atoms with E-state index in [0.29, 0.717) is 12.0 Å². The molecule has 0 bridgehead atoms. The average Bonchev–Trinajstić information content (AvgIpc) is 2.46. The van der Waals surface area contributed by atoms with Gasteiger partial charge in [0.15, 0.2) is 0 Å². The van der Waals surface area contributed by atoms with Gasteiger partial charge in [0, 0.05) is 18.8 Å². The number of aromatic nitrogens is 2. The fraction of sp³-hybridized carbons (Fsp3) is 0.412. The summed E-state index contributed by atoms with van der Waals surface area (Å²) in [6, 6.07) is 11.2. The monoisotopic (exact) mass is 269 g/mol. The Labute approximate surface area is 121 Å². The fourth-order valence-electron chi connectivity index (χ4n) is 2.21. The van der Waals surface area contributed by atoms with E-state index >= 15 is 0 Å². The van der Waals surface area contributed by atoms with Crippen molar-refractivity contribution >= 4 is 0 Å². The molecule has 1 atom stereocenters. The molecule has 0 radical (unpaired) electrons. The molecule has 0 aliphatic carbocycles. The van der Waals surface area contributed by atoms with Gasteiger partial charge in [-0.25, -0.2) is 9.97 Å². The maximum absolute atomic E-state index is 4.22. The molecule has 2 aromatic rings. The molecule has 1 unspecified atom stereocenters. The van der Waals surface area contributed by atoms with Crippen molar-refractivity contribution in [1.82, 2.24) is 15.3 Å². The summed E-state index contributed by atoms with van der Waals surface area (Å²) >= 11 is 0. The molecule has 3 nitrogen and oxygen atoms in total. The van der Waals surface area contributed by atoms with Crippen LogP contribution in [-0.4, -0.2) is 9.97 Å². The van der Waals surface area contributed by atoms with Crippen molar-refractivity contribution in [2.45, 2.75) is 39.8 Å². The third-order valence-electron chi connectivity index (χ3n) is 3.36. The molecule has 0 aliphatic heterocycles. The van der Waals surface area contributed by atoms with Gasteiger partial charge in [-0.3, -0.25) is 0 Å². The Hall–Kier alpha value is -1.74. The molecule has 2 rings (SSSR count). The topological polar surface area (TPSA) is 37.8 Å². The highest BCUT2D eigenvalue weighted by Gasteiger charge is 2.05. The third-order valence-corrected chi connectivity index (χ3v) is 3.36. The van der Waals surface area contributed by atoms with Gasteiger partial charge in [0.1, 0.15) is 6.33 Å². The lowest BCUT2D eigenvalue weighted by Gasteiger charge is -2.15. The first-order valence-electron chi connectivity index (χ1n) is 7.22. The second kappa shape index (κ2) is 7.15. The lowest BCUT2D eigenvalue weighted by molar-refractivity contribution is 0.566. The van der Waals surface area contributed by atoms with Gasteiger partial charge in [0.25, 0.3) is 0 Å². The fourth-order valence-corrected chi connectivity index (χ4v) is 2.21. The Morgan fingerprint density at radius 1 is 1.05 bits per heavy atom. The highest BCUT2D eigenvalue weighted by atomic mass is 14.9. The van der Waals surface area contributed by atoms with E-state index < -0.39 is 0 Å². The maximum atomic E-state index is 4.22. The summed E-state index contributed by atoms with van der Waals surface area (Å²) < 4.78 is 0. The van der Waals surface area contributed by atoms with Crippen molar-refractivity contribution in [3.63, 3.8) is 0 Å². The van der Waals surface area contributed by atoms with E-state index in [-0.39, 0.29) is 0 Å². The molecular formula is C17H23N3. The second-order valence-electron chi connectivity index (χ2n) is 5.64. The van der Waals surface area contributed by atoms with Crippen LogP contribution in [0.15, 0.2) is 42.9 Å². The van der Waals surface area contributed by atoms with Crippen molar-refractivity contribution in [1.29, 1.82) is 0 Å². The van der Waals surface area contributed by atoms with Gasteiger partial charge in [-0.1, -0.05) is 38.1 Å². The Bertz CT molecular complexity index is 506. The molecular weight excluding hydrogens is 246 g/mol. The van der Waals surface area contributed by atoms with E-state index in [0.717, 1.165) is 18.7 Å². The van der Waals surface area contributed by atoms with E-state index in [1.807, 2.05) is 6.07 Å². The second-order valence-corrected chi connectivity index (χ2v) is 5.64. The molecule has 0 saturated carbocycles. The highest BCUT2D eigenvalue weighted by molar-refractivity contribution is 5.25. The molecule has 0 amide bonds. The number of hydrogen-bond acceptors (Lipinski definition) is 3. The SMILES string of the molecule is CC(C)Cc1ccc(C(C)NCc2ccncn2)cc1. The van der Waals surface area contributed by atoms with Crippen LogP contribution in [0, 0.1) is 5.92 Å². The van der Waals surface area contributed by atoms with Crippen LogP contribution in [0.4, 0.5) is 0 Å². The zero-order valence-electron chi connectivity index (χ0n) is 12.5. The Morgan fingerprint density at radius 3 is 2.40 bits per heavy atom. The molecule has 1 N–H and O–H groups in total.